The van der Waals surface area contributed by atoms with E-state index in [0.29, 0.717) is 42.9 Å². The van der Waals surface area contributed by atoms with Crippen molar-refractivity contribution in [1.82, 2.24) is 4.90 Å². The molecule has 7 heteroatoms. The molecule has 3 aliphatic rings. The number of fused-ring (bicyclic) bond motifs is 3. The van der Waals surface area contributed by atoms with Gasteiger partial charge in [0.2, 0.25) is 0 Å². The molecule has 1 fully saturated rings. The van der Waals surface area contributed by atoms with Crippen LogP contribution in [0.15, 0.2) is 79.2 Å². The first kappa shape index (κ1) is 38.8. The van der Waals surface area contributed by atoms with Gasteiger partial charge in [-0.15, -0.1) is 0 Å². The number of piperidine rings is 1. The number of Topliss-reactive ketones (excluding diaryl/α,β-unsaturated/α-hetero) is 2. The van der Waals surface area contributed by atoms with Gasteiger partial charge < -0.3 is 19.4 Å². The summed E-state index contributed by atoms with van der Waals surface area (Å²) in [6.45, 7) is 22.3. The maximum Gasteiger partial charge on any atom is 0.186 e. The van der Waals surface area contributed by atoms with E-state index in [2.05, 4.69) is 53.3 Å². The molecule has 6 nitrogen and oxygen atoms in total. The predicted octanol–water partition coefficient (Wildman–Crippen LogP) is 9.82. The Kier molecular flexibility index (Phi) is 14.6. The minimum Gasteiger partial charge on any atom is -0.479 e. The summed E-state index contributed by atoms with van der Waals surface area (Å²) in [6.07, 6.45) is 5.07. The highest BCUT2D eigenvalue weighted by atomic mass is 19.1. The average Bonchev–Trinajstić information content (AvgIpc) is 3.44. The molecule has 0 spiro atoms. The molecule has 270 valence electrons. The van der Waals surface area contributed by atoms with Crippen LogP contribution in [0.5, 0.6) is 0 Å². The lowest BCUT2D eigenvalue weighted by Crippen LogP contribution is -2.49. The van der Waals surface area contributed by atoms with Gasteiger partial charge in [-0.05, 0) is 87.5 Å². The van der Waals surface area contributed by atoms with Crippen LogP contribution in [0.3, 0.4) is 0 Å². The Balaban J connectivity index is 0.000000339. The smallest absolute Gasteiger partial charge is 0.186 e. The molecule has 3 aromatic carbocycles. The number of ketones is 2. The number of aryl methyl sites for hydroxylation is 1. The van der Waals surface area contributed by atoms with Crippen LogP contribution in [0.1, 0.15) is 111 Å². The van der Waals surface area contributed by atoms with Gasteiger partial charge in [0.15, 0.2) is 17.4 Å². The molecule has 50 heavy (non-hydrogen) atoms. The monoisotopic (exact) mass is 683 g/mol. The van der Waals surface area contributed by atoms with Crippen molar-refractivity contribution in [3.05, 3.63) is 107 Å². The van der Waals surface area contributed by atoms with Crippen LogP contribution in [0.25, 0.3) is 0 Å². The summed E-state index contributed by atoms with van der Waals surface area (Å²) < 4.78 is 19.2. The third-order valence-corrected chi connectivity index (χ3v) is 9.81. The van der Waals surface area contributed by atoms with E-state index in [4.69, 9.17) is 4.74 Å². The molecule has 6 rings (SSSR count). The lowest BCUT2D eigenvalue weighted by atomic mass is 9.89. The standard InChI is InChI=1S/C30H38FN3O2.C11H14O.C2H6/c1-21(2)14-19-36-22(3)33-17-18-34-27-13-16-32(20-26(27)25-6-4-7-28(33)30(25)34)15-5-8-29(35)23-9-11-24(31)12-10-23;1-3-4-11(12)10-7-5-9(2)6-8-10;1-2/h4,6-7,9-12,21,26-27H,3,5,8,13-20H2,1-2H3;5-8H,3-4H2,1-2H3;1-2H3. The Morgan fingerprint density at radius 1 is 0.920 bits per heavy atom. The highest BCUT2D eigenvalue weighted by Gasteiger charge is 2.45. The van der Waals surface area contributed by atoms with E-state index >= 15 is 0 Å². The van der Waals surface area contributed by atoms with Crippen molar-refractivity contribution in [3.63, 3.8) is 0 Å². The number of hydrogen-bond acceptors (Lipinski definition) is 6. The fourth-order valence-corrected chi connectivity index (χ4v) is 7.14. The van der Waals surface area contributed by atoms with Crippen LogP contribution >= 0.6 is 0 Å². The molecular weight excluding hydrogens is 625 g/mol. The Bertz CT molecular complexity index is 1550. The van der Waals surface area contributed by atoms with Gasteiger partial charge in [0.25, 0.3) is 0 Å². The summed E-state index contributed by atoms with van der Waals surface area (Å²) in [7, 11) is 0. The highest BCUT2D eigenvalue weighted by molar-refractivity contribution is 5.96. The molecule has 0 N–H and O–H groups in total. The Hall–Kier alpha value is -3.97. The zero-order chi connectivity index (χ0) is 36.2. The number of benzene rings is 3. The lowest BCUT2D eigenvalue weighted by Gasteiger charge is -2.42. The second-order valence-corrected chi connectivity index (χ2v) is 13.8. The van der Waals surface area contributed by atoms with Crippen LogP contribution in [-0.4, -0.2) is 61.8 Å². The van der Waals surface area contributed by atoms with Crippen LogP contribution in [-0.2, 0) is 4.74 Å². The number of carbonyl (C=O) groups is 2. The summed E-state index contributed by atoms with van der Waals surface area (Å²) in [4.78, 5) is 31.2. The molecule has 3 heterocycles. The third-order valence-electron chi connectivity index (χ3n) is 9.81. The molecular formula is C43H58FN3O3. The third kappa shape index (κ3) is 9.84. The van der Waals surface area contributed by atoms with Crippen molar-refractivity contribution >= 4 is 22.9 Å². The molecule has 0 aromatic heterocycles. The van der Waals surface area contributed by atoms with E-state index in [1.807, 2.05) is 52.0 Å². The van der Waals surface area contributed by atoms with Gasteiger partial charge in [0.1, 0.15) is 5.82 Å². The predicted molar refractivity (Wildman–Crippen MR) is 205 cm³/mol. The number of halogens is 1. The molecule has 3 aromatic rings. The molecule has 0 aliphatic carbocycles. The lowest BCUT2D eigenvalue weighted by molar-refractivity contribution is 0.0966. The second-order valence-electron chi connectivity index (χ2n) is 13.8. The minimum atomic E-state index is -0.307. The van der Waals surface area contributed by atoms with Gasteiger partial charge in [-0.25, -0.2) is 4.39 Å². The van der Waals surface area contributed by atoms with Crippen LogP contribution in [0.4, 0.5) is 15.8 Å². The fraction of sp³-hybridized carbons (Fsp3) is 0.488. The minimum absolute atomic E-state index is 0.0914. The summed E-state index contributed by atoms with van der Waals surface area (Å²) in [5, 5.41) is 0. The van der Waals surface area contributed by atoms with Gasteiger partial charge in [-0.1, -0.05) is 76.6 Å². The first-order valence-corrected chi connectivity index (χ1v) is 18.8. The Morgan fingerprint density at radius 2 is 1.58 bits per heavy atom. The summed E-state index contributed by atoms with van der Waals surface area (Å²) in [6, 6.07) is 20.8. The first-order valence-electron chi connectivity index (χ1n) is 18.8. The zero-order valence-corrected chi connectivity index (χ0v) is 31.2. The largest absolute Gasteiger partial charge is 0.479 e. The summed E-state index contributed by atoms with van der Waals surface area (Å²) in [5.41, 5.74) is 6.65. The maximum absolute atomic E-state index is 13.1. The van der Waals surface area contributed by atoms with Gasteiger partial charge in [-0.2, -0.15) is 0 Å². The van der Waals surface area contributed by atoms with E-state index in [9.17, 15) is 14.0 Å². The van der Waals surface area contributed by atoms with Gasteiger partial charge >= 0.3 is 0 Å². The van der Waals surface area contributed by atoms with Crippen molar-refractivity contribution in [2.45, 2.75) is 92.0 Å². The van der Waals surface area contributed by atoms with Gasteiger partial charge in [0.05, 0.1) is 18.0 Å². The normalized spacial score (nSPS) is 17.5. The number of hydrogen-bond donors (Lipinski definition) is 0. The number of rotatable bonds is 13. The van der Waals surface area contributed by atoms with Crippen molar-refractivity contribution in [1.29, 1.82) is 0 Å². The quantitative estimate of drug-likeness (QED) is 0.132. The molecule has 0 bridgehead atoms. The van der Waals surface area contributed by atoms with Crippen molar-refractivity contribution in [2.24, 2.45) is 5.92 Å². The summed E-state index contributed by atoms with van der Waals surface area (Å²) in [5.74, 6) is 1.88. The number of anilines is 2. The van der Waals surface area contributed by atoms with Crippen LogP contribution in [0, 0.1) is 18.7 Å². The molecule has 0 radical (unpaired) electrons. The topological polar surface area (TPSA) is 53.1 Å². The highest BCUT2D eigenvalue weighted by Crippen LogP contribution is 2.51. The van der Waals surface area contributed by atoms with E-state index in [-0.39, 0.29) is 17.4 Å². The van der Waals surface area contributed by atoms with Crippen LogP contribution < -0.4 is 9.80 Å². The zero-order valence-electron chi connectivity index (χ0n) is 31.2. The second kappa shape index (κ2) is 18.9. The number of ether oxygens (including phenoxy) is 1. The van der Waals surface area contributed by atoms with Gasteiger partial charge in [-0.3, -0.25) is 9.59 Å². The van der Waals surface area contributed by atoms with Crippen molar-refractivity contribution in [3.8, 4) is 0 Å². The molecule has 2 atom stereocenters. The summed E-state index contributed by atoms with van der Waals surface area (Å²) >= 11 is 0. The molecule has 1 saturated heterocycles. The van der Waals surface area contributed by atoms with E-state index in [0.717, 1.165) is 69.9 Å². The Labute approximate surface area is 300 Å². The molecule has 0 amide bonds. The van der Waals surface area contributed by atoms with Crippen molar-refractivity contribution in [2.75, 3.05) is 49.1 Å². The molecule has 3 aliphatic heterocycles. The number of para-hydroxylation sites is 1. The molecule has 0 saturated carbocycles. The number of likely N-dealkylation sites (tertiary alicyclic amines) is 1. The SMILES string of the molecule is C=C(OCCC(C)C)N1CCN2c3c(cccc31)C1CN(CCCC(=O)c3ccc(F)cc3)CCC12.CC.CCCC(=O)c1ccc(C)cc1. The van der Waals surface area contributed by atoms with E-state index in [1.54, 1.807) is 12.1 Å². The first-order chi connectivity index (χ1) is 24.2. The maximum atomic E-state index is 13.1. The van der Waals surface area contributed by atoms with Gasteiger partial charge in [0, 0.05) is 62.1 Å². The van der Waals surface area contributed by atoms with Crippen molar-refractivity contribution < 1.29 is 18.7 Å². The van der Waals surface area contributed by atoms with E-state index in [1.165, 1.54) is 34.6 Å². The Morgan fingerprint density at radius 3 is 2.24 bits per heavy atom. The fourth-order valence-electron chi connectivity index (χ4n) is 7.14. The number of carbonyl (C=O) groups excluding carboxylic acids is 2. The molecule has 2 unspecified atom stereocenters. The van der Waals surface area contributed by atoms with Crippen LogP contribution in [0.2, 0.25) is 0 Å². The van der Waals surface area contributed by atoms with E-state index < -0.39 is 0 Å². The average molecular weight is 684 g/mol. The number of nitrogens with zero attached hydrogens (tertiary/aromatic N) is 3.